The first-order valence-electron chi connectivity index (χ1n) is 7.56. The maximum absolute atomic E-state index is 12.6. The Balaban J connectivity index is 2.54. The van der Waals surface area contributed by atoms with Crippen LogP contribution in [-0.2, 0) is 4.74 Å². The number of nitrogens with zero attached hydrogens (tertiary/aromatic N) is 1. The normalized spacial score (nSPS) is 24.3. The number of ether oxygens (including phenoxy) is 1. The van der Waals surface area contributed by atoms with Gasteiger partial charge < -0.3 is 10.1 Å². The molecular formula is C14H27F3N2O. The van der Waals surface area contributed by atoms with Crippen molar-refractivity contribution in [2.75, 3.05) is 39.4 Å². The standard InChI is InChI=1S/C14H27F3N2O/c1-3-6-18-13-5-8-20-10-12(13)9-19(7-4-2)11-14(15,16)17/h12-13,18H,3-11H2,1-2H3. The van der Waals surface area contributed by atoms with Crippen molar-refractivity contribution in [3.63, 3.8) is 0 Å². The first-order valence-corrected chi connectivity index (χ1v) is 7.56. The minimum absolute atomic E-state index is 0.143. The van der Waals surface area contributed by atoms with Gasteiger partial charge in [-0.1, -0.05) is 13.8 Å². The Labute approximate surface area is 119 Å². The second-order valence-electron chi connectivity index (χ2n) is 5.53. The summed E-state index contributed by atoms with van der Waals surface area (Å²) in [5.74, 6) is 0.143. The van der Waals surface area contributed by atoms with Gasteiger partial charge in [-0.15, -0.1) is 0 Å². The van der Waals surface area contributed by atoms with Gasteiger partial charge in [0.15, 0.2) is 0 Å². The maximum atomic E-state index is 12.6. The summed E-state index contributed by atoms with van der Waals surface area (Å²) in [6, 6.07) is 0.274. The van der Waals surface area contributed by atoms with Crippen LogP contribution in [0.5, 0.6) is 0 Å². The summed E-state index contributed by atoms with van der Waals surface area (Å²) < 4.78 is 43.2. The maximum Gasteiger partial charge on any atom is 0.401 e. The van der Waals surface area contributed by atoms with Crippen LogP contribution < -0.4 is 5.32 Å². The zero-order valence-corrected chi connectivity index (χ0v) is 12.5. The molecule has 6 heteroatoms. The third-order valence-electron chi connectivity index (χ3n) is 3.57. The molecule has 0 aromatic rings. The molecule has 1 aliphatic heterocycles. The Morgan fingerprint density at radius 3 is 2.60 bits per heavy atom. The lowest BCUT2D eigenvalue weighted by atomic mass is 9.94. The summed E-state index contributed by atoms with van der Waals surface area (Å²) in [6.07, 6.45) is -1.48. The van der Waals surface area contributed by atoms with E-state index in [4.69, 9.17) is 4.74 Å². The summed E-state index contributed by atoms with van der Waals surface area (Å²) >= 11 is 0. The van der Waals surface area contributed by atoms with Gasteiger partial charge in [0.05, 0.1) is 13.2 Å². The van der Waals surface area contributed by atoms with Gasteiger partial charge in [0.1, 0.15) is 0 Å². The fraction of sp³-hybridized carbons (Fsp3) is 1.00. The Bertz CT molecular complexity index is 261. The highest BCUT2D eigenvalue weighted by atomic mass is 19.4. The molecule has 1 aliphatic rings. The molecule has 3 nitrogen and oxygen atoms in total. The van der Waals surface area contributed by atoms with Crippen LogP contribution in [0.4, 0.5) is 13.2 Å². The molecule has 20 heavy (non-hydrogen) atoms. The van der Waals surface area contributed by atoms with E-state index in [-0.39, 0.29) is 12.0 Å². The number of halogens is 3. The predicted molar refractivity (Wildman–Crippen MR) is 73.8 cm³/mol. The first-order chi connectivity index (χ1) is 9.46. The molecule has 1 saturated heterocycles. The Hall–Kier alpha value is -0.330. The number of nitrogens with one attached hydrogen (secondary N) is 1. The van der Waals surface area contributed by atoms with Gasteiger partial charge in [-0.2, -0.15) is 13.2 Å². The molecular weight excluding hydrogens is 269 g/mol. The van der Waals surface area contributed by atoms with Crippen LogP contribution in [0.25, 0.3) is 0 Å². The quantitative estimate of drug-likeness (QED) is 0.745. The van der Waals surface area contributed by atoms with Gasteiger partial charge in [-0.25, -0.2) is 0 Å². The monoisotopic (exact) mass is 296 g/mol. The number of hydrogen-bond acceptors (Lipinski definition) is 3. The number of hydrogen-bond donors (Lipinski definition) is 1. The van der Waals surface area contributed by atoms with Gasteiger partial charge in [-0.3, -0.25) is 4.90 Å². The summed E-state index contributed by atoms with van der Waals surface area (Å²) in [5.41, 5.74) is 0. The SMILES string of the molecule is CCCNC1CCOCC1CN(CCC)CC(F)(F)F. The Morgan fingerprint density at radius 2 is 2.00 bits per heavy atom. The summed E-state index contributed by atoms with van der Waals surface area (Å²) in [6.45, 7) is 6.28. The van der Waals surface area contributed by atoms with Crippen LogP contribution in [0.15, 0.2) is 0 Å². The smallest absolute Gasteiger partial charge is 0.381 e. The van der Waals surface area contributed by atoms with Crippen molar-refractivity contribution in [3.05, 3.63) is 0 Å². The lowest BCUT2D eigenvalue weighted by Crippen LogP contribution is -2.49. The van der Waals surface area contributed by atoms with Crippen molar-refractivity contribution in [1.82, 2.24) is 10.2 Å². The van der Waals surface area contributed by atoms with E-state index in [1.54, 1.807) is 0 Å². The van der Waals surface area contributed by atoms with Crippen molar-refractivity contribution in [2.45, 2.75) is 45.3 Å². The molecule has 2 unspecified atom stereocenters. The summed E-state index contributed by atoms with van der Waals surface area (Å²) in [5, 5.41) is 3.44. The Kier molecular flexibility index (Phi) is 7.84. The molecule has 120 valence electrons. The van der Waals surface area contributed by atoms with Crippen molar-refractivity contribution < 1.29 is 17.9 Å². The average molecular weight is 296 g/mol. The fourth-order valence-corrected chi connectivity index (χ4v) is 2.71. The van der Waals surface area contributed by atoms with Crippen molar-refractivity contribution >= 4 is 0 Å². The van der Waals surface area contributed by atoms with Gasteiger partial charge in [0.2, 0.25) is 0 Å². The van der Waals surface area contributed by atoms with E-state index in [1.165, 1.54) is 4.90 Å². The van der Waals surface area contributed by atoms with E-state index in [9.17, 15) is 13.2 Å². The van der Waals surface area contributed by atoms with Crippen molar-refractivity contribution in [3.8, 4) is 0 Å². The van der Waals surface area contributed by atoms with E-state index in [2.05, 4.69) is 12.2 Å². The van der Waals surface area contributed by atoms with E-state index in [1.807, 2.05) is 6.92 Å². The van der Waals surface area contributed by atoms with Crippen LogP contribution in [0.3, 0.4) is 0 Å². The predicted octanol–water partition coefficient (Wildman–Crippen LogP) is 2.67. The van der Waals surface area contributed by atoms with Crippen LogP contribution in [0, 0.1) is 5.92 Å². The molecule has 2 atom stereocenters. The zero-order chi connectivity index (χ0) is 15.0. The molecule has 1 rings (SSSR count). The molecule has 0 aliphatic carbocycles. The van der Waals surface area contributed by atoms with E-state index in [0.29, 0.717) is 26.3 Å². The van der Waals surface area contributed by atoms with E-state index < -0.39 is 12.7 Å². The van der Waals surface area contributed by atoms with E-state index >= 15 is 0 Å². The zero-order valence-electron chi connectivity index (χ0n) is 12.5. The minimum atomic E-state index is -4.13. The highest BCUT2D eigenvalue weighted by molar-refractivity contribution is 4.82. The van der Waals surface area contributed by atoms with Gasteiger partial charge >= 0.3 is 6.18 Å². The highest BCUT2D eigenvalue weighted by Gasteiger charge is 2.33. The molecule has 0 aromatic heterocycles. The number of alkyl halides is 3. The van der Waals surface area contributed by atoms with Crippen molar-refractivity contribution in [1.29, 1.82) is 0 Å². The molecule has 0 saturated carbocycles. The highest BCUT2D eigenvalue weighted by Crippen LogP contribution is 2.21. The topological polar surface area (TPSA) is 24.5 Å². The molecule has 1 fully saturated rings. The molecule has 1 heterocycles. The lowest BCUT2D eigenvalue weighted by Gasteiger charge is -2.36. The molecule has 1 N–H and O–H groups in total. The third-order valence-corrected chi connectivity index (χ3v) is 3.57. The summed E-state index contributed by atoms with van der Waals surface area (Å²) in [7, 11) is 0. The first kappa shape index (κ1) is 17.7. The molecule has 0 aromatic carbocycles. The van der Waals surface area contributed by atoms with Crippen molar-refractivity contribution in [2.24, 2.45) is 5.92 Å². The minimum Gasteiger partial charge on any atom is -0.381 e. The molecule has 0 radical (unpaired) electrons. The molecule has 0 bridgehead atoms. The van der Waals surface area contributed by atoms with Crippen LogP contribution in [-0.4, -0.2) is 56.5 Å². The van der Waals surface area contributed by atoms with Crippen LogP contribution in [0.1, 0.15) is 33.1 Å². The fourth-order valence-electron chi connectivity index (χ4n) is 2.71. The van der Waals surface area contributed by atoms with Crippen LogP contribution >= 0.6 is 0 Å². The second-order valence-corrected chi connectivity index (χ2v) is 5.53. The Morgan fingerprint density at radius 1 is 1.25 bits per heavy atom. The average Bonchev–Trinajstić information content (AvgIpc) is 2.36. The molecule has 0 spiro atoms. The largest absolute Gasteiger partial charge is 0.401 e. The van der Waals surface area contributed by atoms with Gasteiger partial charge in [-0.05, 0) is 32.4 Å². The van der Waals surface area contributed by atoms with Gasteiger partial charge in [0.25, 0.3) is 0 Å². The molecule has 0 amide bonds. The van der Waals surface area contributed by atoms with Gasteiger partial charge in [0, 0.05) is 25.1 Å². The van der Waals surface area contributed by atoms with E-state index in [0.717, 1.165) is 25.8 Å². The summed E-state index contributed by atoms with van der Waals surface area (Å²) in [4.78, 5) is 1.51. The third kappa shape index (κ3) is 6.90. The van der Waals surface area contributed by atoms with Crippen LogP contribution in [0.2, 0.25) is 0 Å². The lowest BCUT2D eigenvalue weighted by molar-refractivity contribution is -0.149. The second kappa shape index (κ2) is 8.85. The number of rotatable bonds is 8.